The largest absolute Gasteiger partial charge is 2.00 e. The molecule has 2 aliphatic heterocycles. The summed E-state index contributed by atoms with van der Waals surface area (Å²) in [5.41, 5.74) is -11.0. The zero-order valence-corrected chi connectivity index (χ0v) is 57.9. The van der Waals surface area contributed by atoms with Gasteiger partial charge in [0.05, 0.1) is 22.8 Å². The second kappa shape index (κ2) is 23.3. The van der Waals surface area contributed by atoms with Crippen LogP contribution in [0.4, 0.5) is 0 Å². The Kier molecular flexibility index (Phi) is 18.1. The maximum absolute atomic E-state index is 13.5. The van der Waals surface area contributed by atoms with E-state index in [9.17, 15) is 104 Å². The van der Waals surface area contributed by atoms with Crippen molar-refractivity contribution >= 4 is 127 Å². The number of hydrogen-bond donors (Lipinski definition) is 10. The van der Waals surface area contributed by atoms with Gasteiger partial charge in [0.2, 0.25) is 0 Å². The third kappa shape index (κ3) is 12.1. The number of hydrogen-bond acceptors (Lipinski definition) is 18. The molecule has 8 bridgehead atoms. The Morgan fingerprint density at radius 3 is 0.484 bits per heavy atom. The van der Waals surface area contributed by atoms with Gasteiger partial charge < -0.3 is 9.97 Å². The summed E-state index contributed by atoms with van der Waals surface area (Å²) in [7, 11) is -43.8. The van der Waals surface area contributed by atoms with Crippen molar-refractivity contribution in [2.24, 2.45) is 0 Å². The van der Waals surface area contributed by atoms with Crippen molar-refractivity contribution in [3.63, 3.8) is 0 Å². The molecule has 0 fully saturated rings. The molecule has 0 saturated carbocycles. The molecule has 93 heavy (non-hydrogen) atoms. The zero-order valence-electron chi connectivity index (χ0n) is 50.2. The van der Waals surface area contributed by atoms with Gasteiger partial charge in [0, 0.05) is 44.3 Å². The predicted octanol–water partition coefficient (Wildman–Crippen LogP) is 9.00. The molecule has 0 amide bonds. The second-order valence-electron chi connectivity index (χ2n) is 21.9. The van der Waals surface area contributed by atoms with Crippen molar-refractivity contribution in [3.05, 3.63) is 114 Å². The second-order valence-corrected chi connectivity index (χ2v) is 32.8. The molecule has 2 aliphatic rings. The van der Waals surface area contributed by atoms with Gasteiger partial charge in [-0.2, -0.15) is 67.3 Å². The monoisotopic (exact) mass is 1480 g/mol. The molecule has 9 rings (SSSR count). The van der Waals surface area contributed by atoms with Crippen LogP contribution in [-0.4, -0.2) is 124 Å². The fraction of sp³-hybridized carbons (Fsp3) is 0.214. The molecule has 0 atom stereocenters. The number of H-pyrrole nitrogens is 2. The van der Waals surface area contributed by atoms with E-state index in [1.54, 1.807) is 0 Å². The first-order valence-corrected chi connectivity index (χ1v) is 37.8. The minimum Gasteiger partial charge on any atom is -0.354 e. The maximum atomic E-state index is 13.5. The van der Waals surface area contributed by atoms with E-state index >= 15 is 0 Å². The Hall–Kier alpha value is -6.72. The van der Waals surface area contributed by atoms with Crippen LogP contribution in [0.5, 0.6) is 0 Å². The Balaban J connectivity index is 0.0000111. The minimum atomic E-state index is -5.48. The van der Waals surface area contributed by atoms with Crippen LogP contribution in [0.25, 0.3) is 90.9 Å². The average molecular weight is 1480 g/mol. The summed E-state index contributed by atoms with van der Waals surface area (Å²) in [6, 6.07) is 5.01. The Morgan fingerprint density at radius 1 is 0.237 bits per heavy atom. The molecule has 7 aromatic rings. The number of fused-ring (bicyclic) bond motifs is 8. The fourth-order valence-electron chi connectivity index (χ4n) is 13.5. The number of aromatic nitrogens is 4. The van der Waals surface area contributed by atoms with Crippen LogP contribution in [-0.2, 0) is 98.0 Å². The zero-order chi connectivity index (χ0) is 69.3. The first-order chi connectivity index (χ1) is 41.8. The van der Waals surface area contributed by atoms with Gasteiger partial charge in [-0.3, -0.25) is 36.4 Å². The number of nitrogens with one attached hydrogen (secondary N) is 2. The van der Waals surface area contributed by atoms with Crippen LogP contribution in [0.1, 0.15) is 89.5 Å². The number of rotatable bonds is 12. The van der Waals surface area contributed by atoms with Crippen molar-refractivity contribution in [2.75, 3.05) is 0 Å². The molecule has 37 heteroatoms. The molecule has 0 saturated heterocycles. The molecular weight excluding hydrogens is 1430 g/mol. The molecule has 5 heterocycles. The van der Waals surface area contributed by atoms with Crippen LogP contribution in [0.2, 0.25) is 0 Å². The predicted molar refractivity (Wildman–Crippen MR) is 336 cm³/mol. The molecule has 0 spiro atoms. The van der Waals surface area contributed by atoms with Crippen molar-refractivity contribution in [1.82, 2.24) is 19.9 Å². The van der Waals surface area contributed by atoms with E-state index in [2.05, 4.69) is 9.97 Å². The van der Waals surface area contributed by atoms with Crippen molar-refractivity contribution in [1.29, 1.82) is 0 Å². The molecule has 496 valence electrons. The third-order valence-electron chi connectivity index (χ3n) is 16.3. The van der Waals surface area contributed by atoms with E-state index in [0.717, 1.165) is 83.1 Å². The average Bonchev–Trinajstić information content (AvgIpc) is 1.67. The molecule has 0 radical (unpaired) electrons. The van der Waals surface area contributed by atoms with E-state index in [1.807, 2.05) is 0 Å². The molecule has 28 nitrogen and oxygen atoms in total. The third-order valence-corrected chi connectivity index (χ3v) is 25.3. The van der Waals surface area contributed by atoms with Gasteiger partial charge in [-0.25, -0.2) is 9.97 Å². The topological polar surface area (TPSA) is 492 Å². The molecule has 0 unspecified atom stereocenters. The first kappa shape index (κ1) is 72.1. The van der Waals surface area contributed by atoms with E-state index in [1.165, 1.54) is 48.6 Å². The summed E-state index contributed by atoms with van der Waals surface area (Å²) in [6.45, 7) is 13.1. The quantitative estimate of drug-likeness (QED) is 0.0402. The first-order valence-electron chi connectivity index (χ1n) is 26.3. The SMILES string of the molecule is Cc1c(-c2c3nc(c(-c4c(C)c(S(=O)(=O)O)c(C)c(S(=O)(=O)O)c4C)c4ccc([nH]4)c(-c4c(C)c(S(=O)(=O)O)c(C)c(S(=O)(=O)O)c4C)c4nc(c(-c5c(C)c(S(=O)(=O)O)c(C)c(S(=O)(=O)O)c5C)c5ccc2[nH]5)C=C4)C=C3)c(C)c(S(=O)(=O)O)c(C)c1S(=O)(=O)O.[Fe+2]. The molecule has 4 aromatic carbocycles. The van der Waals surface area contributed by atoms with Gasteiger partial charge in [0.15, 0.2) is 0 Å². The van der Waals surface area contributed by atoms with Crippen LogP contribution in [0.15, 0.2) is 63.4 Å². The van der Waals surface area contributed by atoms with Crippen molar-refractivity contribution in [2.45, 2.75) is 122 Å². The Morgan fingerprint density at radius 2 is 0.366 bits per heavy atom. The standard InChI is InChI=1S/C56H54N4O24S8.Fe/c1-21-41(22(2)50(86(64,65)66)29(9)49(21)85(61,62)63)45-33-13-15-35(57-33)46(42-23(3)51(87(67,68)69)30(10)52(24(42)4)88(70,71)72)37-17-19-39(59-37)48(44-27(7)55(91(79,80)81)32(12)56(28(44)8)92(82,83)84)40-20-18-38(60-40)47(36-16-14-34(45)58-36)43-25(5)53(89(73,74)75)31(11)54(26(43)6)90(76,77)78;/h13-20,57,60H,1-12H3,(H,61,62,63)(H,64,65,66)(H,67,68,69)(H,70,71,72)(H,73,74,75)(H,76,77,78)(H,79,80,81)(H,82,83,84);/q;+2. The Labute approximate surface area is 544 Å². The summed E-state index contributed by atoms with van der Waals surface area (Å²) in [4.78, 5) is 7.80. The van der Waals surface area contributed by atoms with Gasteiger partial charge in [-0.15, -0.1) is 0 Å². The van der Waals surface area contributed by atoms with Crippen LogP contribution in [0.3, 0.4) is 0 Å². The Bertz CT molecular complexity index is 4930. The summed E-state index contributed by atoms with van der Waals surface area (Å²) in [6.07, 6.45) is 4.90. The minimum absolute atomic E-state index is 0. The van der Waals surface area contributed by atoms with Crippen LogP contribution < -0.4 is 0 Å². The van der Waals surface area contributed by atoms with Gasteiger partial charge in [0.25, 0.3) is 80.9 Å². The van der Waals surface area contributed by atoms with E-state index < -0.39 is 209 Å². The van der Waals surface area contributed by atoms with Crippen molar-refractivity contribution < 1.29 is 121 Å². The van der Waals surface area contributed by atoms with Crippen molar-refractivity contribution in [3.8, 4) is 44.5 Å². The maximum Gasteiger partial charge on any atom is 2.00 e. The van der Waals surface area contributed by atoms with Crippen LogP contribution >= 0.6 is 0 Å². The summed E-state index contributed by atoms with van der Waals surface area (Å²) >= 11 is 0. The fourth-order valence-corrected chi connectivity index (χ4v) is 21.6. The normalized spacial score (nSPS) is 13.5. The van der Waals surface area contributed by atoms with Crippen LogP contribution in [0, 0.1) is 83.1 Å². The number of benzene rings is 4. The van der Waals surface area contributed by atoms with Gasteiger partial charge in [-0.05, 0) is 221 Å². The molecule has 0 aliphatic carbocycles. The molecule has 3 aromatic heterocycles. The molecule has 10 N–H and O–H groups in total. The van der Waals surface area contributed by atoms with Gasteiger partial charge >= 0.3 is 17.1 Å². The summed E-state index contributed by atoms with van der Waals surface area (Å²) < 4.78 is 302. The number of nitrogens with zero attached hydrogens (tertiary/aromatic N) is 2. The van der Waals surface area contributed by atoms with E-state index in [4.69, 9.17) is 9.97 Å². The summed E-state index contributed by atoms with van der Waals surface area (Å²) in [5.74, 6) is 0. The summed E-state index contributed by atoms with van der Waals surface area (Å²) in [5, 5.41) is 0. The van der Waals surface area contributed by atoms with E-state index in [0.29, 0.717) is 0 Å². The number of aromatic amines is 2. The molecular formula is C56H54FeN4O24S8+2. The van der Waals surface area contributed by atoms with Gasteiger partial charge in [-0.1, -0.05) is 0 Å². The van der Waals surface area contributed by atoms with E-state index in [-0.39, 0.29) is 84.2 Å². The van der Waals surface area contributed by atoms with Gasteiger partial charge in [0.1, 0.15) is 39.2 Å². The smallest absolute Gasteiger partial charge is 0.354 e.